The average Bonchev–Trinajstić information content (AvgIpc) is 3.60. The van der Waals surface area contributed by atoms with E-state index >= 15 is 0 Å². The Labute approximate surface area is 340 Å². The summed E-state index contributed by atoms with van der Waals surface area (Å²) in [6.07, 6.45) is 3.90. The Bertz CT molecular complexity index is 2650. The van der Waals surface area contributed by atoms with Gasteiger partial charge in [-0.1, -0.05) is 67.8 Å². The molecule has 5 heteroatoms. The Morgan fingerprint density at radius 3 is 2.07 bits per heavy atom. The molecule has 3 nitrogen and oxygen atoms in total. The van der Waals surface area contributed by atoms with Crippen LogP contribution in [0.4, 0.5) is 0 Å². The summed E-state index contributed by atoms with van der Waals surface area (Å²) in [5.74, 6) is 7.08. The second-order valence-corrected chi connectivity index (χ2v) is 25.8. The Kier molecular flexibility index (Phi) is 10.4. The van der Waals surface area contributed by atoms with Crippen molar-refractivity contribution in [3.05, 3.63) is 174 Å². The molecule has 0 aliphatic rings. The molecular formula is C49H46GeIrN2O-2. The minimum Gasteiger partial charge on any atom is 0 e. The fraction of sp³-hybridized carbons (Fsp3) is 0.184. The molecule has 0 saturated carbocycles. The molecule has 8 aromatic rings. The number of nitrogens with zero attached hydrogens (tertiary/aromatic N) is 2. The molecule has 0 fully saturated rings. The van der Waals surface area contributed by atoms with E-state index in [2.05, 4.69) is 146 Å². The molecule has 0 saturated heterocycles. The first-order valence-electron chi connectivity index (χ1n) is 19.6. The molecule has 5 aromatic carbocycles. The predicted molar refractivity (Wildman–Crippen MR) is 225 cm³/mol. The molecule has 1 radical (unpaired) electrons. The van der Waals surface area contributed by atoms with Crippen LogP contribution in [0.1, 0.15) is 45.8 Å². The van der Waals surface area contributed by atoms with Gasteiger partial charge in [0.05, 0.1) is 5.58 Å². The molecule has 273 valence electrons. The molecule has 8 rings (SSSR count). The van der Waals surface area contributed by atoms with Gasteiger partial charge in [-0.15, -0.1) is 23.8 Å². The normalized spacial score (nSPS) is 12.6. The van der Waals surface area contributed by atoms with Crippen LogP contribution in [0.2, 0.25) is 17.3 Å². The van der Waals surface area contributed by atoms with Crippen LogP contribution >= 0.6 is 0 Å². The predicted octanol–water partition coefficient (Wildman–Crippen LogP) is 12.5. The fourth-order valence-electron chi connectivity index (χ4n) is 6.90. The second kappa shape index (κ2) is 16.0. The summed E-state index contributed by atoms with van der Waals surface area (Å²) in [6, 6.07) is 47.2. The Morgan fingerprint density at radius 1 is 0.704 bits per heavy atom. The van der Waals surface area contributed by atoms with Gasteiger partial charge in [0.1, 0.15) is 5.58 Å². The number of aromatic nitrogens is 2. The largest absolute Gasteiger partial charge is 0 e. The van der Waals surface area contributed by atoms with Crippen molar-refractivity contribution in [3.8, 4) is 33.6 Å². The number of aryl methyl sites for hydroxylation is 3. The third-order valence-electron chi connectivity index (χ3n) is 10.1. The molecule has 0 amide bonds. The van der Waals surface area contributed by atoms with Crippen LogP contribution in [0.3, 0.4) is 0 Å². The van der Waals surface area contributed by atoms with Crippen molar-refractivity contribution in [1.29, 1.82) is 0 Å². The summed E-state index contributed by atoms with van der Waals surface area (Å²) >= 11 is -2.10. The van der Waals surface area contributed by atoms with Crippen molar-refractivity contribution in [2.75, 3.05) is 0 Å². The Morgan fingerprint density at radius 2 is 1.39 bits per heavy atom. The molecule has 0 unspecified atom stereocenters. The third-order valence-corrected chi connectivity index (χ3v) is 14.3. The van der Waals surface area contributed by atoms with E-state index in [1.54, 1.807) is 18.2 Å². The van der Waals surface area contributed by atoms with E-state index in [-0.39, 0.29) is 25.5 Å². The number of hydrogen-bond donors (Lipinski definition) is 0. The molecule has 0 N–H and O–H groups in total. The molecule has 3 heterocycles. The van der Waals surface area contributed by atoms with Crippen molar-refractivity contribution in [1.82, 2.24) is 9.97 Å². The molecule has 0 atom stereocenters. The monoisotopic (exact) mass is 948 g/mol. The standard InChI is InChI=1S/C28H24NO.C21H22GeN.Ir/c1-18-10-11-19(2)27-26(18)23-16-20(12-13-25(23)30-27)24-17-22(14-15-29-24)28(3,4)21-8-6-5-7-9-21;1-16-10-12-18(13-11-16)21-14-19(17-8-6-5-7-9-17)20(15-23-21)22(2,3)4;/h5-11,13-17H,1-4H3;5-12,14-15H,1-4H3;/q2*-1;/i;1D3;. The summed E-state index contributed by atoms with van der Waals surface area (Å²) in [4.78, 5) is 9.33. The number of rotatable bonds is 6. The van der Waals surface area contributed by atoms with Crippen molar-refractivity contribution < 1.29 is 28.6 Å². The second-order valence-electron chi connectivity index (χ2n) is 15.3. The van der Waals surface area contributed by atoms with E-state index in [1.165, 1.54) is 37.6 Å². The van der Waals surface area contributed by atoms with E-state index < -0.39 is 20.1 Å². The van der Waals surface area contributed by atoms with Gasteiger partial charge in [-0.05, 0) is 47.9 Å². The first kappa shape index (κ1) is 35.1. The van der Waals surface area contributed by atoms with E-state index in [0.29, 0.717) is 5.56 Å². The molecule has 54 heavy (non-hydrogen) atoms. The van der Waals surface area contributed by atoms with E-state index in [4.69, 9.17) is 8.53 Å². The number of fused-ring (bicyclic) bond motifs is 3. The van der Waals surface area contributed by atoms with Crippen LogP contribution in [0, 0.1) is 32.8 Å². The smallest absolute Gasteiger partial charge is 0 e. The molecule has 3 aromatic heterocycles. The quantitative estimate of drug-likeness (QED) is 0.123. The Hall–Kier alpha value is -4.61. The maximum absolute atomic E-state index is 7.50. The van der Waals surface area contributed by atoms with E-state index in [9.17, 15) is 0 Å². The van der Waals surface area contributed by atoms with Crippen LogP contribution in [-0.2, 0) is 25.5 Å². The van der Waals surface area contributed by atoms with Gasteiger partial charge in [-0.25, -0.2) is 0 Å². The van der Waals surface area contributed by atoms with Crippen molar-refractivity contribution in [3.63, 3.8) is 0 Å². The van der Waals surface area contributed by atoms with Crippen LogP contribution in [-0.4, -0.2) is 23.2 Å². The van der Waals surface area contributed by atoms with Gasteiger partial charge in [0.2, 0.25) is 0 Å². The van der Waals surface area contributed by atoms with Crippen molar-refractivity contribution in [2.24, 2.45) is 0 Å². The number of furan rings is 1. The SMILES string of the molecule is Cc1ccc(C)c2c1oc1c[c-]c(-c3cc(C(C)(C)c4ccccc4)ccn3)cc12.[2H]C([2H])([2H])c1c[c-]c(-c2cc(-c3ccccc3)[c]([Ge]([CH3])([CH3])[CH3])cn2)cc1.[Ir]. The van der Waals surface area contributed by atoms with E-state index in [0.717, 1.165) is 44.6 Å². The van der Waals surface area contributed by atoms with Gasteiger partial charge in [-0.3, -0.25) is 0 Å². The zero-order valence-electron chi connectivity index (χ0n) is 34.8. The van der Waals surface area contributed by atoms with Gasteiger partial charge in [0.25, 0.3) is 0 Å². The van der Waals surface area contributed by atoms with Crippen molar-refractivity contribution >= 4 is 39.6 Å². The minimum atomic E-state index is -2.11. The first-order valence-corrected chi connectivity index (χ1v) is 25.4. The minimum absolute atomic E-state index is 0. The molecule has 0 spiro atoms. The molecule has 0 aliphatic carbocycles. The summed E-state index contributed by atoms with van der Waals surface area (Å²) in [7, 11) is 0. The van der Waals surface area contributed by atoms with E-state index in [1.807, 2.05) is 36.7 Å². The zero-order chi connectivity index (χ0) is 39.8. The summed E-state index contributed by atoms with van der Waals surface area (Å²) < 4.78 is 30.0. The van der Waals surface area contributed by atoms with Crippen LogP contribution in [0.15, 0.2) is 138 Å². The first-order chi connectivity index (χ1) is 26.6. The number of hydrogen-bond acceptors (Lipinski definition) is 3. The fourth-order valence-corrected chi connectivity index (χ4v) is 9.99. The van der Waals surface area contributed by atoms with Crippen LogP contribution in [0.25, 0.3) is 55.6 Å². The van der Waals surface area contributed by atoms with Gasteiger partial charge in [-0.2, -0.15) is 0 Å². The topological polar surface area (TPSA) is 38.9 Å². The number of pyridine rings is 2. The molecule has 0 bridgehead atoms. The van der Waals surface area contributed by atoms with Gasteiger partial charge in [0.15, 0.2) is 0 Å². The summed E-state index contributed by atoms with van der Waals surface area (Å²) in [6.45, 7) is 6.62. The molecular weight excluding hydrogens is 897 g/mol. The van der Waals surface area contributed by atoms with Crippen LogP contribution < -0.4 is 4.40 Å². The third kappa shape index (κ3) is 8.07. The summed E-state index contributed by atoms with van der Waals surface area (Å²) in [5.41, 5.74) is 12.8. The van der Waals surface area contributed by atoms with Gasteiger partial charge in [0, 0.05) is 37.1 Å². The maximum atomic E-state index is 7.50. The van der Waals surface area contributed by atoms with Crippen molar-refractivity contribution in [2.45, 2.75) is 57.2 Å². The van der Waals surface area contributed by atoms with Gasteiger partial charge < -0.3 is 9.40 Å². The maximum Gasteiger partial charge on any atom is 0 e. The Balaban J connectivity index is 0.000000192. The van der Waals surface area contributed by atoms with Gasteiger partial charge >= 0.3 is 146 Å². The molecule has 0 aliphatic heterocycles. The average molecular weight is 947 g/mol. The van der Waals surface area contributed by atoms with Crippen LogP contribution in [0.5, 0.6) is 0 Å². The number of benzene rings is 5. The summed E-state index contributed by atoms with van der Waals surface area (Å²) in [5, 5.41) is 2.30. The zero-order valence-corrected chi connectivity index (χ0v) is 36.3.